The van der Waals surface area contributed by atoms with E-state index in [1.807, 2.05) is 0 Å². The van der Waals surface area contributed by atoms with Gasteiger partial charge in [0.2, 0.25) is 0 Å². The van der Waals surface area contributed by atoms with Crippen LogP contribution in [0.15, 0.2) is 24.3 Å². The van der Waals surface area contributed by atoms with E-state index in [9.17, 15) is 0 Å². The summed E-state index contributed by atoms with van der Waals surface area (Å²) < 4.78 is 0. The Morgan fingerprint density at radius 2 is 1.82 bits per heavy atom. The van der Waals surface area contributed by atoms with E-state index in [2.05, 4.69) is 57.3 Å². The van der Waals surface area contributed by atoms with E-state index in [4.69, 9.17) is 0 Å². The van der Waals surface area contributed by atoms with Gasteiger partial charge in [0, 0.05) is 6.04 Å². The largest absolute Gasteiger partial charge is 0.310 e. The number of nitrogens with one attached hydrogen (secondary N) is 1. The predicted octanol–water partition coefficient (Wildman–Crippen LogP) is 4.47. The Morgan fingerprint density at radius 1 is 1.12 bits per heavy atom. The summed E-state index contributed by atoms with van der Waals surface area (Å²) in [5.41, 5.74) is 2.88. The maximum absolute atomic E-state index is 3.71. The Hall–Kier alpha value is -0.820. The molecule has 96 valence electrons. The molecule has 0 saturated carbocycles. The molecular formula is C16H27N. The first-order valence-electron chi connectivity index (χ1n) is 6.99. The normalized spacial score (nSPS) is 14.6. The summed E-state index contributed by atoms with van der Waals surface area (Å²) in [4.78, 5) is 0. The molecule has 0 aliphatic heterocycles. The Balaban J connectivity index is 2.85. The molecule has 1 nitrogen and oxygen atoms in total. The molecule has 0 spiro atoms. The molecule has 1 heteroatoms. The van der Waals surface area contributed by atoms with Gasteiger partial charge in [-0.2, -0.15) is 0 Å². The first kappa shape index (κ1) is 14.2. The van der Waals surface area contributed by atoms with Gasteiger partial charge < -0.3 is 5.32 Å². The molecule has 0 aliphatic carbocycles. The van der Waals surface area contributed by atoms with Gasteiger partial charge in [-0.25, -0.2) is 0 Å². The number of benzene rings is 1. The minimum Gasteiger partial charge on any atom is -0.310 e. The van der Waals surface area contributed by atoms with Crippen molar-refractivity contribution in [3.05, 3.63) is 35.4 Å². The van der Waals surface area contributed by atoms with E-state index in [0.717, 1.165) is 6.54 Å². The van der Waals surface area contributed by atoms with Crippen molar-refractivity contribution in [1.29, 1.82) is 0 Å². The topological polar surface area (TPSA) is 12.0 Å². The predicted molar refractivity (Wildman–Crippen MR) is 76.3 cm³/mol. The number of rotatable bonds is 7. The quantitative estimate of drug-likeness (QED) is 0.732. The van der Waals surface area contributed by atoms with E-state index < -0.39 is 0 Å². The molecular weight excluding hydrogens is 206 g/mol. The molecule has 0 saturated heterocycles. The molecule has 1 aromatic carbocycles. The number of aryl methyl sites for hydroxylation is 1. The molecule has 0 amide bonds. The van der Waals surface area contributed by atoms with Crippen LogP contribution in [0.4, 0.5) is 0 Å². The molecule has 0 aromatic heterocycles. The fraction of sp³-hybridized carbons (Fsp3) is 0.625. The highest BCUT2D eigenvalue weighted by molar-refractivity contribution is 5.29. The molecule has 0 fully saturated rings. The van der Waals surface area contributed by atoms with Crippen molar-refractivity contribution in [2.45, 2.75) is 53.0 Å². The highest BCUT2D eigenvalue weighted by Gasteiger charge is 2.18. The zero-order valence-corrected chi connectivity index (χ0v) is 11.8. The minimum absolute atomic E-state index is 0.510. The van der Waals surface area contributed by atoms with Gasteiger partial charge in [0.15, 0.2) is 0 Å². The van der Waals surface area contributed by atoms with E-state index in [1.54, 1.807) is 0 Å². The number of hydrogen-bond acceptors (Lipinski definition) is 1. The fourth-order valence-corrected chi connectivity index (χ4v) is 2.48. The summed E-state index contributed by atoms with van der Waals surface area (Å²) in [6.45, 7) is 10.2. The Labute approximate surface area is 107 Å². The zero-order chi connectivity index (χ0) is 12.7. The molecule has 17 heavy (non-hydrogen) atoms. The second-order valence-electron chi connectivity index (χ2n) is 5.05. The molecule has 0 heterocycles. The summed E-state index contributed by atoms with van der Waals surface area (Å²) in [5.74, 6) is 0.702. The maximum atomic E-state index is 3.71. The van der Waals surface area contributed by atoms with Crippen LogP contribution in [-0.2, 0) is 0 Å². The van der Waals surface area contributed by atoms with Gasteiger partial charge in [-0.05, 0) is 43.4 Å². The lowest BCUT2D eigenvalue weighted by Gasteiger charge is -2.27. The number of hydrogen-bond donors (Lipinski definition) is 1. The first-order valence-corrected chi connectivity index (χ1v) is 6.99. The van der Waals surface area contributed by atoms with Crippen LogP contribution in [0, 0.1) is 12.8 Å². The molecule has 2 atom stereocenters. The van der Waals surface area contributed by atoms with Crippen LogP contribution in [0.25, 0.3) is 0 Å². The Morgan fingerprint density at radius 3 is 2.41 bits per heavy atom. The molecule has 1 aromatic rings. The van der Waals surface area contributed by atoms with E-state index >= 15 is 0 Å². The molecule has 2 unspecified atom stereocenters. The second kappa shape index (κ2) is 7.50. The van der Waals surface area contributed by atoms with Crippen LogP contribution < -0.4 is 5.32 Å². The van der Waals surface area contributed by atoms with Crippen molar-refractivity contribution < 1.29 is 0 Å². The minimum atomic E-state index is 0.510. The van der Waals surface area contributed by atoms with Crippen molar-refractivity contribution in [2.24, 2.45) is 5.92 Å². The third-order valence-electron chi connectivity index (χ3n) is 3.45. The molecule has 1 N–H and O–H groups in total. The monoisotopic (exact) mass is 233 g/mol. The second-order valence-corrected chi connectivity index (χ2v) is 5.05. The zero-order valence-electron chi connectivity index (χ0n) is 11.8. The third-order valence-corrected chi connectivity index (χ3v) is 3.45. The van der Waals surface area contributed by atoms with Gasteiger partial charge in [0.25, 0.3) is 0 Å². The maximum Gasteiger partial charge on any atom is 0.0348 e. The van der Waals surface area contributed by atoms with Gasteiger partial charge in [0.1, 0.15) is 0 Å². The van der Waals surface area contributed by atoms with Gasteiger partial charge in [0.05, 0.1) is 0 Å². The Kier molecular flexibility index (Phi) is 6.28. The van der Waals surface area contributed by atoms with Gasteiger partial charge >= 0.3 is 0 Å². The van der Waals surface area contributed by atoms with Crippen molar-refractivity contribution in [3.8, 4) is 0 Å². The van der Waals surface area contributed by atoms with Crippen LogP contribution >= 0.6 is 0 Å². The smallest absolute Gasteiger partial charge is 0.0348 e. The van der Waals surface area contributed by atoms with Crippen LogP contribution in [0.1, 0.15) is 57.2 Å². The summed E-state index contributed by atoms with van der Waals surface area (Å²) in [5, 5.41) is 3.71. The molecule has 0 bridgehead atoms. The summed E-state index contributed by atoms with van der Waals surface area (Å²) in [6, 6.07) is 9.28. The standard InChI is InChI=1S/C16H27N/c1-5-9-14(4)16(17-12-6-2)15-11-8-7-10-13(15)3/h7-8,10-11,14,16-17H,5-6,9,12H2,1-4H3. The van der Waals surface area contributed by atoms with Crippen LogP contribution in [0.2, 0.25) is 0 Å². The first-order chi connectivity index (χ1) is 8.20. The lowest BCUT2D eigenvalue weighted by Crippen LogP contribution is -2.28. The lowest BCUT2D eigenvalue weighted by molar-refractivity contribution is 0.362. The Bertz CT molecular complexity index is 319. The highest BCUT2D eigenvalue weighted by Crippen LogP contribution is 2.27. The summed E-state index contributed by atoms with van der Waals surface area (Å²) in [7, 11) is 0. The van der Waals surface area contributed by atoms with Crippen LogP contribution in [0.5, 0.6) is 0 Å². The van der Waals surface area contributed by atoms with E-state index in [1.165, 1.54) is 30.4 Å². The van der Waals surface area contributed by atoms with Crippen LogP contribution in [0.3, 0.4) is 0 Å². The molecule has 1 rings (SSSR count). The lowest BCUT2D eigenvalue weighted by atomic mass is 9.88. The van der Waals surface area contributed by atoms with Crippen molar-refractivity contribution in [3.63, 3.8) is 0 Å². The third kappa shape index (κ3) is 4.16. The summed E-state index contributed by atoms with van der Waals surface area (Å²) >= 11 is 0. The van der Waals surface area contributed by atoms with Crippen molar-refractivity contribution >= 4 is 0 Å². The van der Waals surface area contributed by atoms with Gasteiger partial charge in [-0.1, -0.05) is 51.5 Å². The molecule has 0 aliphatic rings. The van der Waals surface area contributed by atoms with Crippen LogP contribution in [-0.4, -0.2) is 6.54 Å². The highest BCUT2D eigenvalue weighted by atomic mass is 14.9. The van der Waals surface area contributed by atoms with E-state index in [0.29, 0.717) is 12.0 Å². The van der Waals surface area contributed by atoms with Gasteiger partial charge in [-0.15, -0.1) is 0 Å². The average molecular weight is 233 g/mol. The van der Waals surface area contributed by atoms with Gasteiger partial charge in [-0.3, -0.25) is 0 Å². The summed E-state index contributed by atoms with van der Waals surface area (Å²) in [6.07, 6.45) is 3.74. The van der Waals surface area contributed by atoms with Crippen molar-refractivity contribution in [2.75, 3.05) is 6.54 Å². The van der Waals surface area contributed by atoms with E-state index in [-0.39, 0.29) is 0 Å². The fourth-order valence-electron chi connectivity index (χ4n) is 2.48. The average Bonchev–Trinajstić information content (AvgIpc) is 2.32. The SMILES string of the molecule is CCCNC(c1ccccc1C)C(C)CCC. The molecule has 0 radical (unpaired) electrons. The van der Waals surface area contributed by atoms with Crippen molar-refractivity contribution in [1.82, 2.24) is 5.32 Å².